The normalized spacial score (nSPS) is 20.0. The second-order valence-corrected chi connectivity index (χ2v) is 6.14. The molecule has 0 radical (unpaired) electrons. The molecule has 0 bridgehead atoms. The molecule has 0 N–H and O–H groups in total. The lowest BCUT2D eigenvalue weighted by molar-refractivity contribution is 0.0786. The number of aromatic nitrogens is 1. The van der Waals surface area contributed by atoms with Gasteiger partial charge in [-0.3, -0.25) is 9.69 Å². The van der Waals surface area contributed by atoms with Crippen molar-refractivity contribution < 1.29 is 4.79 Å². The first kappa shape index (κ1) is 20.6. The van der Waals surface area contributed by atoms with E-state index in [1.165, 1.54) is 6.42 Å². The number of carbonyl (C=O) groups is 1. The smallest absolute Gasteiger partial charge is 0.272 e. The number of rotatable bonds is 3. The monoisotopic (exact) mass is 333 g/mol. The van der Waals surface area contributed by atoms with E-state index in [1.807, 2.05) is 50.8 Å². The average Bonchev–Trinajstić information content (AvgIpc) is 3.30. The molecule has 0 spiro atoms. The van der Waals surface area contributed by atoms with E-state index in [9.17, 15) is 4.79 Å². The maximum atomic E-state index is 12.3. The third kappa shape index (κ3) is 5.90. The first-order chi connectivity index (χ1) is 11.7. The Labute approximate surface area is 148 Å². The lowest BCUT2D eigenvalue weighted by Gasteiger charge is -2.17. The van der Waals surface area contributed by atoms with Gasteiger partial charge in [0.15, 0.2) is 0 Å². The van der Waals surface area contributed by atoms with Crippen molar-refractivity contribution in [1.82, 2.24) is 14.8 Å². The van der Waals surface area contributed by atoms with Crippen LogP contribution in [0.1, 0.15) is 70.1 Å². The topological polar surface area (TPSA) is 36.4 Å². The van der Waals surface area contributed by atoms with Crippen LogP contribution in [-0.4, -0.2) is 46.9 Å². The molecule has 1 aromatic heterocycles. The quantitative estimate of drug-likeness (QED) is 0.831. The van der Waals surface area contributed by atoms with Crippen molar-refractivity contribution in [3.8, 4) is 0 Å². The number of hydrogen-bond donors (Lipinski definition) is 0. The molecule has 3 heterocycles. The molecule has 1 aromatic rings. The molecule has 2 fully saturated rings. The highest BCUT2D eigenvalue weighted by atomic mass is 16.2. The number of carbonyl (C=O) groups excluding carboxylic acids is 1. The van der Waals surface area contributed by atoms with Gasteiger partial charge in [-0.1, -0.05) is 40.7 Å². The van der Waals surface area contributed by atoms with Crippen molar-refractivity contribution in [2.24, 2.45) is 5.92 Å². The Morgan fingerprint density at radius 2 is 1.79 bits per heavy atom. The Morgan fingerprint density at radius 3 is 2.38 bits per heavy atom. The lowest BCUT2D eigenvalue weighted by atomic mass is 10.2. The number of amides is 1. The first-order valence-corrected chi connectivity index (χ1v) is 9.70. The van der Waals surface area contributed by atoms with E-state index >= 15 is 0 Å². The second-order valence-electron chi connectivity index (χ2n) is 6.14. The van der Waals surface area contributed by atoms with Crippen LogP contribution in [0.25, 0.3) is 0 Å². The molecule has 1 atom stereocenters. The minimum Gasteiger partial charge on any atom is -0.337 e. The molecule has 0 aromatic carbocycles. The minimum atomic E-state index is 0.0964. The molecular weight excluding hydrogens is 298 g/mol. The van der Waals surface area contributed by atoms with Crippen LogP contribution in [0.2, 0.25) is 0 Å². The van der Waals surface area contributed by atoms with E-state index in [1.54, 1.807) is 0 Å². The summed E-state index contributed by atoms with van der Waals surface area (Å²) in [5, 5.41) is 0. The highest BCUT2D eigenvalue weighted by Gasteiger charge is 2.22. The lowest BCUT2D eigenvalue weighted by Crippen LogP contribution is -2.29. The summed E-state index contributed by atoms with van der Waals surface area (Å²) in [6.07, 6.45) is 3.51. The van der Waals surface area contributed by atoms with Gasteiger partial charge in [0.1, 0.15) is 5.69 Å². The van der Waals surface area contributed by atoms with E-state index in [2.05, 4.69) is 16.8 Å². The van der Waals surface area contributed by atoms with Crippen LogP contribution in [-0.2, 0) is 6.54 Å². The first-order valence-electron chi connectivity index (χ1n) is 9.70. The van der Waals surface area contributed by atoms with Crippen molar-refractivity contribution in [1.29, 1.82) is 0 Å². The van der Waals surface area contributed by atoms with E-state index < -0.39 is 0 Å². The van der Waals surface area contributed by atoms with E-state index in [-0.39, 0.29) is 5.91 Å². The van der Waals surface area contributed by atoms with Gasteiger partial charge < -0.3 is 4.90 Å². The predicted molar refractivity (Wildman–Crippen MR) is 101 cm³/mol. The molecule has 1 amide bonds. The Balaban J connectivity index is 0.000000671. The zero-order chi connectivity index (χ0) is 17.9. The molecular formula is C20H35N3O. The fourth-order valence-electron chi connectivity index (χ4n) is 3.17. The highest BCUT2D eigenvalue weighted by Crippen LogP contribution is 2.18. The Kier molecular flexibility index (Phi) is 9.62. The SMILES string of the molecule is CC.CC.CC1CCN(Cc2cccc(C(=O)N3CCCC3)n2)C1. The molecule has 3 rings (SSSR count). The number of likely N-dealkylation sites (tertiary alicyclic amines) is 2. The largest absolute Gasteiger partial charge is 0.337 e. The standard InChI is InChI=1S/C16H23N3O.2C2H6/c1-13-7-10-18(11-13)12-14-5-4-6-15(17-14)16(20)19-8-2-3-9-19;2*1-2/h4-6,13H,2-3,7-12H2,1H3;2*1-2H3. The van der Waals surface area contributed by atoms with Crippen molar-refractivity contribution in [2.75, 3.05) is 26.2 Å². The Bertz CT molecular complexity index is 484. The number of pyridine rings is 1. The van der Waals surface area contributed by atoms with Crippen LogP contribution in [0, 0.1) is 5.92 Å². The summed E-state index contributed by atoms with van der Waals surface area (Å²) in [6, 6.07) is 5.84. The Hall–Kier alpha value is -1.42. The molecule has 136 valence electrons. The van der Waals surface area contributed by atoms with Crippen LogP contribution < -0.4 is 0 Å². The summed E-state index contributed by atoms with van der Waals surface area (Å²) in [5.41, 5.74) is 1.63. The van der Waals surface area contributed by atoms with E-state index in [4.69, 9.17) is 0 Å². The zero-order valence-electron chi connectivity index (χ0n) is 16.2. The van der Waals surface area contributed by atoms with Crippen LogP contribution in [0.3, 0.4) is 0 Å². The maximum absolute atomic E-state index is 12.3. The summed E-state index contributed by atoms with van der Waals surface area (Å²) in [7, 11) is 0. The predicted octanol–water partition coefficient (Wildman–Crippen LogP) is 4.21. The second kappa shape index (κ2) is 11.2. The third-order valence-corrected chi connectivity index (χ3v) is 4.31. The highest BCUT2D eigenvalue weighted by molar-refractivity contribution is 5.92. The zero-order valence-corrected chi connectivity index (χ0v) is 16.2. The van der Waals surface area contributed by atoms with E-state index in [0.717, 1.165) is 57.2 Å². The Morgan fingerprint density at radius 1 is 1.12 bits per heavy atom. The molecule has 0 aliphatic carbocycles. The number of hydrogen-bond acceptors (Lipinski definition) is 3. The molecule has 2 aliphatic heterocycles. The fraction of sp³-hybridized carbons (Fsp3) is 0.700. The summed E-state index contributed by atoms with van der Waals surface area (Å²) in [4.78, 5) is 21.3. The average molecular weight is 334 g/mol. The van der Waals surface area contributed by atoms with Crippen LogP contribution in [0.15, 0.2) is 18.2 Å². The van der Waals surface area contributed by atoms with Gasteiger partial charge in [-0.15, -0.1) is 0 Å². The fourth-order valence-corrected chi connectivity index (χ4v) is 3.17. The minimum absolute atomic E-state index is 0.0964. The van der Waals surface area contributed by atoms with Crippen LogP contribution in [0.5, 0.6) is 0 Å². The molecule has 2 saturated heterocycles. The molecule has 2 aliphatic rings. The van der Waals surface area contributed by atoms with Gasteiger partial charge in [-0.25, -0.2) is 4.98 Å². The van der Waals surface area contributed by atoms with Gasteiger partial charge in [-0.2, -0.15) is 0 Å². The van der Waals surface area contributed by atoms with Gasteiger partial charge >= 0.3 is 0 Å². The molecule has 4 heteroatoms. The molecule has 4 nitrogen and oxygen atoms in total. The van der Waals surface area contributed by atoms with Crippen molar-refractivity contribution in [2.45, 2.75) is 60.4 Å². The van der Waals surface area contributed by atoms with Gasteiger partial charge in [0.05, 0.1) is 5.69 Å². The third-order valence-electron chi connectivity index (χ3n) is 4.31. The van der Waals surface area contributed by atoms with Crippen LogP contribution in [0.4, 0.5) is 0 Å². The van der Waals surface area contributed by atoms with E-state index in [0.29, 0.717) is 5.69 Å². The van der Waals surface area contributed by atoms with Crippen molar-refractivity contribution in [3.63, 3.8) is 0 Å². The van der Waals surface area contributed by atoms with Gasteiger partial charge in [-0.05, 0) is 43.9 Å². The van der Waals surface area contributed by atoms with Gasteiger partial charge in [0, 0.05) is 26.2 Å². The van der Waals surface area contributed by atoms with Gasteiger partial charge in [0.25, 0.3) is 5.91 Å². The summed E-state index contributed by atoms with van der Waals surface area (Å²) in [6.45, 7) is 15.2. The molecule has 0 saturated carbocycles. The maximum Gasteiger partial charge on any atom is 0.272 e. The van der Waals surface area contributed by atoms with Crippen molar-refractivity contribution >= 4 is 5.91 Å². The summed E-state index contributed by atoms with van der Waals surface area (Å²) >= 11 is 0. The van der Waals surface area contributed by atoms with Crippen molar-refractivity contribution in [3.05, 3.63) is 29.6 Å². The number of nitrogens with zero attached hydrogens (tertiary/aromatic N) is 3. The summed E-state index contributed by atoms with van der Waals surface area (Å²) in [5.74, 6) is 0.878. The van der Waals surface area contributed by atoms with Gasteiger partial charge in [0.2, 0.25) is 0 Å². The van der Waals surface area contributed by atoms with Crippen LogP contribution >= 0.6 is 0 Å². The summed E-state index contributed by atoms with van der Waals surface area (Å²) < 4.78 is 0. The molecule has 24 heavy (non-hydrogen) atoms. The molecule has 1 unspecified atom stereocenters.